The highest BCUT2D eigenvalue weighted by atomic mass is 35.5. The first-order valence-corrected chi connectivity index (χ1v) is 6.28. The third-order valence-electron chi connectivity index (χ3n) is 2.52. The first-order valence-electron chi connectivity index (χ1n) is 5.53. The predicted octanol–water partition coefficient (Wildman–Crippen LogP) is 4.60. The Morgan fingerprint density at radius 3 is 2.32 bits per heavy atom. The first-order chi connectivity index (χ1) is 9.06. The van der Waals surface area contributed by atoms with Crippen molar-refractivity contribution in [1.82, 2.24) is 0 Å². The van der Waals surface area contributed by atoms with Gasteiger partial charge in [-0.25, -0.2) is 0 Å². The molecule has 96 valence electrons. The molecule has 0 heterocycles. The lowest BCUT2D eigenvalue weighted by Crippen LogP contribution is -1.93. The molecule has 0 bridgehead atoms. The van der Waals surface area contributed by atoms with E-state index in [2.05, 4.69) is 0 Å². The maximum atomic E-state index is 11.9. The molecule has 0 amide bonds. The van der Waals surface area contributed by atoms with Gasteiger partial charge in [0.25, 0.3) is 0 Å². The van der Waals surface area contributed by atoms with Gasteiger partial charge in [0.2, 0.25) is 0 Å². The number of benzene rings is 2. The Hall–Kier alpha value is -1.77. The van der Waals surface area contributed by atoms with Crippen molar-refractivity contribution in [1.29, 1.82) is 0 Å². The van der Waals surface area contributed by atoms with E-state index in [4.69, 9.17) is 28.3 Å². The van der Waals surface area contributed by atoms with Crippen LogP contribution in [0.5, 0.6) is 5.75 Å². The summed E-state index contributed by atoms with van der Waals surface area (Å²) in [4.78, 5) is 11.9. The van der Waals surface area contributed by atoms with Crippen LogP contribution in [0.15, 0.2) is 48.5 Å². The Morgan fingerprint density at radius 2 is 1.68 bits per heavy atom. The molecule has 0 aliphatic rings. The topological polar surface area (TPSA) is 37.3 Å². The van der Waals surface area contributed by atoms with Crippen molar-refractivity contribution in [3.63, 3.8) is 0 Å². The number of halogens is 2. The van der Waals surface area contributed by atoms with Gasteiger partial charge < -0.3 is 5.11 Å². The number of rotatable bonds is 3. The van der Waals surface area contributed by atoms with Crippen LogP contribution in [0, 0.1) is 0 Å². The number of hydrogen-bond acceptors (Lipinski definition) is 2. The van der Waals surface area contributed by atoms with E-state index in [1.807, 2.05) is 0 Å². The van der Waals surface area contributed by atoms with E-state index in [1.54, 1.807) is 42.5 Å². The fraction of sp³-hybridized carbons (Fsp3) is 0. The zero-order valence-electron chi connectivity index (χ0n) is 9.81. The van der Waals surface area contributed by atoms with Crippen LogP contribution in [-0.2, 0) is 0 Å². The Balaban J connectivity index is 2.16. The van der Waals surface area contributed by atoms with Crippen LogP contribution in [-0.4, -0.2) is 10.9 Å². The van der Waals surface area contributed by atoms with Crippen molar-refractivity contribution in [2.75, 3.05) is 0 Å². The number of carbonyl (C=O) groups is 1. The van der Waals surface area contributed by atoms with Crippen LogP contribution in [0.1, 0.15) is 15.9 Å². The van der Waals surface area contributed by atoms with Crippen LogP contribution in [0.2, 0.25) is 10.0 Å². The SMILES string of the molecule is O=C(/C=C/c1ccc(O)cc1)c1ccc(Cl)c(Cl)c1. The smallest absolute Gasteiger partial charge is 0.185 e. The van der Waals surface area contributed by atoms with Gasteiger partial charge in [-0.3, -0.25) is 4.79 Å². The van der Waals surface area contributed by atoms with Gasteiger partial charge >= 0.3 is 0 Å². The maximum Gasteiger partial charge on any atom is 0.185 e. The summed E-state index contributed by atoms with van der Waals surface area (Å²) in [7, 11) is 0. The third kappa shape index (κ3) is 3.60. The third-order valence-corrected chi connectivity index (χ3v) is 3.26. The van der Waals surface area contributed by atoms with E-state index in [0.717, 1.165) is 5.56 Å². The largest absolute Gasteiger partial charge is 0.508 e. The monoisotopic (exact) mass is 292 g/mol. The molecule has 0 aliphatic heterocycles. The molecule has 2 aromatic rings. The number of phenolic OH excluding ortho intramolecular Hbond substituents is 1. The Morgan fingerprint density at radius 1 is 1.00 bits per heavy atom. The highest BCUT2D eigenvalue weighted by Gasteiger charge is 2.04. The van der Waals surface area contributed by atoms with Gasteiger partial charge in [0, 0.05) is 5.56 Å². The minimum Gasteiger partial charge on any atom is -0.508 e. The van der Waals surface area contributed by atoms with Gasteiger partial charge in [0.05, 0.1) is 10.0 Å². The molecule has 0 saturated heterocycles. The average molecular weight is 293 g/mol. The van der Waals surface area contributed by atoms with Crippen LogP contribution in [0.4, 0.5) is 0 Å². The van der Waals surface area contributed by atoms with Gasteiger partial charge in [-0.2, -0.15) is 0 Å². The quantitative estimate of drug-likeness (QED) is 0.663. The molecule has 0 aromatic heterocycles. The van der Waals surface area contributed by atoms with Crippen molar-refractivity contribution in [2.45, 2.75) is 0 Å². The van der Waals surface area contributed by atoms with Crippen LogP contribution in [0.3, 0.4) is 0 Å². The molecule has 0 atom stereocenters. The van der Waals surface area contributed by atoms with Gasteiger partial charge in [-0.1, -0.05) is 41.4 Å². The highest BCUT2D eigenvalue weighted by Crippen LogP contribution is 2.23. The minimum atomic E-state index is -0.161. The summed E-state index contributed by atoms with van der Waals surface area (Å²) in [6.45, 7) is 0. The lowest BCUT2D eigenvalue weighted by Gasteiger charge is -1.99. The molecule has 0 fully saturated rings. The summed E-state index contributed by atoms with van der Waals surface area (Å²) in [6, 6.07) is 11.3. The van der Waals surface area contributed by atoms with Crippen LogP contribution >= 0.6 is 23.2 Å². The second-order valence-corrected chi connectivity index (χ2v) is 4.73. The Kier molecular flexibility index (Phi) is 4.25. The summed E-state index contributed by atoms with van der Waals surface area (Å²) in [5, 5.41) is 9.92. The van der Waals surface area contributed by atoms with E-state index >= 15 is 0 Å². The Bertz CT molecular complexity index is 631. The average Bonchev–Trinajstić information content (AvgIpc) is 2.41. The Labute approximate surface area is 120 Å². The number of allylic oxidation sites excluding steroid dienone is 1. The molecule has 0 spiro atoms. The first kappa shape index (κ1) is 13.7. The van der Waals surface area contributed by atoms with Gasteiger partial charge in [0.15, 0.2) is 5.78 Å². The molecule has 2 aromatic carbocycles. The maximum absolute atomic E-state index is 11.9. The normalized spacial score (nSPS) is 10.8. The fourth-order valence-electron chi connectivity index (χ4n) is 1.50. The summed E-state index contributed by atoms with van der Waals surface area (Å²) in [5.41, 5.74) is 1.30. The van der Waals surface area contributed by atoms with Crippen molar-refractivity contribution in [3.05, 3.63) is 69.7 Å². The van der Waals surface area contributed by atoms with E-state index < -0.39 is 0 Å². The summed E-state index contributed by atoms with van der Waals surface area (Å²) >= 11 is 11.6. The number of aromatic hydroxyl groups is 1. The number of carbonyl (C=O) groups excluding carboxylic acids is 1. The summed E-state index contributed by atoms with van der Waals surface area (Å²) in [6.07, 6.45) is 3.12. The molecule has 0 radical (unpaired) electrons. The summed E-state index contributed by atoms with van der Waals surface area (Å²) < 4.78 is 0. The van der Waals surface area contributed by atoms with Crippen molar-refractivity contribution in [2.24, 2.45) is 0 Å². The lowest BCUT2D eigenvalue weighted by atomic mass is 10.1. The zero-order valence-corrected chi connectivity index (χ0v) is 11.3. The van der Waals surface area contributed by atoms with E-state index in [-0.39, 0.29) is 11.5 Å². The molecular weight excluding hydrogens is 283 g/mol. The van der Waals surface area contributed by atoms with E-state index in [1.165, 1.54) is 12.1 Å². The molecule has 4 heteroatoms. The van der Waals surface area contributed by atoms with E-state index in [9.17, 15) is 4.79 Å². The molecule has 2 rings (SSSR count). The van der Waals surface area contributed by atoms with Gasteiger partial charge in [0.1, 0.15) is 5.75 Å². The highest BCUT2D eigenvalue weighted by molar-refractivity contribution is 6.42. The molecule has 0 unspecified atom stereocenters. The van der Waals surface area contributed by atoms with Gasteiger partial charge in [-0.05, 0) is 42.0 Å². The van der Waals surface area contributed by atoms with Gasteiger partial charge in [-0.15, -0.1) is 0 Å². The van der Waals surface area contributed by atoms with Crippen molar-refractivity contribution >= 4 is 35.1 Å². The number of ketones is 1. The predicted molar refractivity (Wildman–Crippen MR) is 77.9 cm³/mol. The number of phenols is 1. The second-order valence-electron chi connectivity index (χ2n) is 3.92. The fourth-order valence-corrected chi connectivity index (χ4v) is 1.80. The molecule has 0 saturated carbocycles. The lowest BCUT2D eigenvalue weighted by molar-refractivity contribution is 0.104. The molecular formula is C15H10Cl2O2. The number of hydrogen-bond donors (Lipinski definition) is 1. The minimum absolute atomic E-state index is 0.161. The standard InChI is InChI=1S/C15H10Cl2O2/c16-13-7-4-11(9-14(13)17)15(19)8-3-10-1-5-12(18)6-2-10/h1-9,18H/b8-3+. The van der Waals surface area contributed by atoms with Crippen LogP contribution < -0.4 is 0 Å². The van der Waals surface area contributed by atoms with Crippen molar-refractivity contribution in [3.8, 4) is 5.75 Å². The summed E-state index contributed by atoms with van der Waals surface area (Å²) in [5.74, 6) is 0.0274. The molecule has 19 heavy (non-hydrogen) atoms. The molecule has 2 nitrogen and oxygen atoms in total. The van der Waals surface area contributed by atoms with Crippen LogP contribution in [0.25, 0.3) is 6.08 Å². The second kappa shape index (κ2) is 5.91. The molecule has 0 aliphatic carbocycles. The van der Waals surface area contributed by atoms with E-state index in [0.29, 0.717) is 15.6 Å². The molecule has 1 N–H and O–H groups in total. The van der Waals surface area contributed by atoms with Crippen molar-refractivity contribution < 1.29 is 9.90 Å². The zero-order chi connectivity index (χ0) is 13.8.